The molecule has 0 atom stereocenters. The summed E-state index contributed by atoms with van der Waals surface area (Å²) in [5.41, 5.74) is 2.04. The summed E-state index contributed by atoms with van der Waals surface area (Å²) in [4.78, 5) is 0. The van der Waals surface area contributed by atoms with Crippen LogP contribution in [-0.4, -0.2) is 10.2 Å². The highest BCUT2D eigenvalue weighted by Crippen LogP contribution is 2.16. The Morgan fingerprint density at radius 3 is 2.87 bits per heavy atom. The highest BCUT2D eigenvalue weighted by atomic mass is 35.5. The van der Waals surface area contributed by atoms with Gasteiger partial charge in [0.1, 0.15) is 0 Å². The van der Waals surface area contributed by atoms with E-state index in [1.165, 1.54) is 0 Å². The van der Waals surface area contributed by atoms with E-state index in [4.69, 9.17) is 11.6 Å². The third-order valence-electron chi connectivity index (χ3n) is 1.93. The minimum absolute atomic E-state index is 0.510. The molecule has 1 heterocycles. The van der Waals surface area contributed by atoms with Crippen LogP contribution < -0.4 is 5.32 Å². The predicted octanol–water partition coefficient (Wildman–Crippen LogP) is 2.96. The second-order valence-electron chi connectivity index (χ2n) is 3.07. The van der Waals surface area contributed by atoms with Gasteiger partial charge in [0, 0.05) is 17.8 Å². The van der Waals surface area contributed by atoms with Crippen LogP contribution in [0.4, 0.5) is 11.5 Å². The van der Waals surface area contributed by atoms with E-state index < -0.39 is 0 Å². The van der Waals surface area contributed by atoms with Crippen molar-refractivity contribution in [1.29, 1.82) is 0 Å². The number of nitrogens with one attached hydrogen (secondary N) is 1. The smallest absolute Gasteiger partial charge is 0.153 e. The first kappa shape index (κ1) is 9.93. The molecule has 2 rings (SSSR count). The number of nitrogens with zero attached hydrogens (tertiary/aromatic N) is 2. The van der Waals surface area contributed by atoms with Crippen LogP contribution in [0.2, 0.25) is 0 Å². The zero-order valence-electron chi connectivity index (χ0n) is 8.02. The fraction of sp³-hybridized carbons (Fsp3) is 0.0909. The second-order valence-corrected chi connectivity index (χ2v) is 3.34. The largest absolute Gasteiger partial charge is 0.339 e. The van der Waals surface area contributed by atoms with Crippen LogP contribution in [0.25, 0.3) is 0 Å². The lowest BCUT2D eigenvalue weighted by atomic mass is 10.2. The van der Waals surface area contributed by atoms with E-state index in [0.717, 1.165) is 17.1 Å². The number of hydrogen-bond donors (Lipinski definition) is 1. The number of anilines is 2. The van der Waals surface area contributed by atoms with Crippen molar-refractivity contribution in [3.05, 3.63) is 48.2 Å². The first-order valence-electron chi connectivity index (χ1n) is 4.58. The first-order chi connectivity index (χ1) is 7.38. The fourth-order valence-corrected chi connectivity index (χ4v) is 1.41. The molecule has 2 aromatic rings. The van der Waals surface area contributed by atoms with Crippen molar-refractivity contribution in [2.24, 2.45) is 0 Å². The summed E-state index contributed by atoms with van der Waals surface area (Å²) in [7, 11) is 0. The van der Waals surface area contributed by atoms with Crippen molar-refractivity contribution < 1.29 is 0 Å². The normalized spacial score (nSPS) is 9.93. The number of hydrogen-bond acceptors (Lipinski definition) is 3. The van der Waals surface area contributed by atoms with E-state index in [0.29, 0.717) is 5.88 Å². The zero-order chi connectivity index (χ0) is 10.5. The third-order valence-corrected chi connectivity index (χ3v) is 2.23. The molecule has 76 valence electrons. The van der Waals surface area contributed by atoms with Gasteiger partial charge in [0.05, 0.1) is 0 Å². The molecule has 1 aromatic carbocycles. The van der Waals surface area contributed by atoms with Crippen molar-refractivity contribution in [3.63, 3.8) is 0 Å². The molecule has 0 aliphatic rings. The lowest BCUT2D eigenvalue weighted by Crippen LogP contribution is -1.94. The van der Waals surface area contributed by atoms with Gasteiger partial charge in [-0.05, 0) is 29.8 Å². The average molecular weight is 220 g/mol. The summed E-state index contributed by atoms with van der Waals surface area (Å²) >= 11 is 5.75. The molecule has 0 bridgehead atoms. The molecule has 0 aliphatic carbocycles. The molecule has 0 saturated carbocycles. The van der Waals surface area contributed by atoms with Gasteiger partial charge in [-0.25, -0.2) is 0 Å². The van der Waals surface area contributed by atoms with Gasteiger partial charge in [-0.1, -0.05) is 12.1 Å². The van der Waals surface area contributed by atoms with Gasteiger partial charge in [-0.2, -0.15) is 5.10 Å². The molecular weight excluding hydrogens is 210 g/mol. The predicted molar refractivity (Wildman–Crippen MR) is 61.3 cm³/mol. The highest BCUT2D eigenvalue weighted by Gasteiger charge is 1.96. The Morgan fingerprint density at radius 2 is 2.13 bits per heavy atom. The number of halogens is 1. The van der Waals surface area contributed by atoms with Gasteiger partial charge in [0.25, 0.3) is 0 Å². The van der Waals surface area contributed by atoms with E-state index >= 15 is 0 Å². The molecule has 1 N–H and O–H groups in total. The topological polar surface area (TPSA) is 37.8 Å². The Balaban J connectivity index is 2.17. The SMILES string of the molecule is ClCc1cccc(Nc2cccnn2)c1. The molecule has 1 aromatic heterocycles. The molecule has 0 amide bonds. The van der Waals surface area contributed by atoms with E-state index in [2.05, 4.69) is 15.5 Å². The van der Waals surface area contributed by atoms with E-state index in [9.17, 15) is 0 Å². The van der Waals surface area contributed by atoms with Crippen LogP contribution in [0, 0.1) is 0 Å². The third kappa shape index (κ3) is 2.67. The van der Waals surface area contributed by atoms with Crippen LogP contribution in [-0.2, 0) is 5.88 Å². The minimum atomic E-state index is 0.510. The molecule has 0 saturated heterocycles. The van der Waals surface area contributed by atoms with Crippen LogP contribution in [0.5, 0.6) is 0 Å². The van der Waals surface area contributed by atoms with Crippen LogP contribution >= 0.6 is 11.6 Å². The quantitative estimate of drug-likeness (QED) is 0.807. The Bertz CT molecular complexity index is 431. The molecule has 0 fully saturated rings. The minimum Gasteiger partial charge on any atom is -0.339 e. The summed E-state index contributed by atoms with van der Waals surface area (Å²) < 4.78 is 0. The van der Waals surface area contributed by atoms with Crippen LogP contribution in [0.15, 0.2) is 42.6 Å². The van der Waals surface area contributed by atoms with Gasteiger partial charge in [-0.15, -0.1) is 16.7 Å². The van der Waals surface area contributed by atoms with Gasteiger partial charge in [0.15, 0.2) is 5.82 Å². The van der Waals surface area contributed by atoms with Crippen molar-refractivity contribution in [3.8, 4) is 0 Å². The molecule has 4 heteroatoms. The Morgan fingerprint density at radius 1 is 1.20 bits per heavy atom. The van der Waals surface area contributed by atoms with Crippen molar-refractivity contribution >= 4 is 23.1 Å². The summed E-state index contributed by atoms with van der Waals surface area (Å²) in [5, 5.41) is 10.9. The molecule has 3 nitrogen and oxygen atoms in total. The molecular formula is C11H10ClN3. The first-order valence-corrected chi connectivity index (χ1v) is 5.11. The van der Waals surface area contributed by atoms with Crippen LogP contribution in [0.1, 0.15) is 5.56 Å². The maximum absolute atomic E-state index is 5.75. The van der Waals surface area contributed by atoms with Crippen molar-refractivity contribution in [2.75, 3.05) is 5.32 Å². The monoisotopic (exact) mass is 219 g/mol. The summed E-state index contributed by atoms with van der Waals surface area (Å²) in [6.45, 7) is 0. The molecule has 15 heavy (non-hydrogen) atoms. The molecule has 0 unspecified atom stereocenters. The highest BCUT2D eigenvalue weighted by molar-refractivity contribution is 6.17. The Labute approximate surface area is 93.1 Å². The molecule has 0 spiro atoms. The summed E-state index contributed by atoms with van der Waals surface area (Å²) in [6.07, 6.45) is 1.64. The lowest BCUT2D eigenvalue weighted by molar-refractivity contribution is 1.04. The van der Waals surface area contributed by atoms with Gasteiger partial charge in [0.2, 0.25) is 0 Å². The Kier molecular flexibility index (Phi) is 3.15. The van der Waals surface area contributed by atoms with Gasteiger partial charge in [-0.3, -0.25) is 0 Å². The maximum atomic E-state index is 5.75. The van der Waals surface area contributed by atoms with E-state index in [1.54, 1.807) is 6.20 Å². The standard InChI is InChI=1S/C11H10ClN3/c12-8-9-3-1-4-10(7-9)14-11-5-2-6-13-15-11/h1-7H,8H2,(H,14,15). The molecule has 0 aliphatic heterocycles. The number of alkyl halides is 1. The average Bonchev–Trinajstić information content (AvgIpc) is 2.31. The van der Waals surface area contributed by atoms with Crippen LogP contribution in [0.3, 0.4) is 0 Å². The van der Waals surface area contributed by atoms with Gasteiger partial charge < -0.3 is 5.32 Å². The number of benzene rings is 1. The number of rotatable bonds is 3. The van der Waals surface area contributed by atoms with E-state index in [-0.39, 0.29) is 0 Å². The molecule has 0 radical (unpaired) electrons. The number of aromatic nitrogens is 2. The maximum Gasteiger partial charge on any atom is 0.153 e. The summed E-state index contributed by atoms with van der Waals surface area (Å²) in [5.74, 6) is 1.24. The Hall–Kier alpha value is -1.61. The second kappa shape index (κ2) is 4.75. The lowest BCUT2D eigenvalue weighted by Gasteiger charge is -2.05. The van der Waals surface area contributed by atoms with Crippen molar-refractivity contribution in [1.82, 2.24) is 10.2 Å². The summed E-state index contributed by atoms with van der Waals surface area (Å²) in [6, 6.07) is 11.6. The fourth-order valence-electron chi connectivity index (χ4n) is 1.25. The van der Waals surface area contributed by atoms with Crippen molar-refractivity contribution in [2.45, 2.75) is 5.88 Å². The van der Waals surface area contributed by atoms with E-state index in [1.807, 2.05) is 36.4 Å². The van der Waals surface area contributed by atoms with Gasteiger partial charge >= 0.3 is 0 Å². The zero-order valence-corrected chi connectivity index (χ0v) is 8.78.